The Bertz CT molecular complexity index is 672. The summed E-state index contributed by atoms with van der Waals surface area (Å²) in [5, 5.41) is 5.38. The van der Waals surface area contributed by atoms with Gasteiger partial charge in [0.1, 0.15) is 5.76 Å². The molecule has 0 unspecified atom stereocenters. The number of oxazole rings is 1. The van der Waals surface area contributed by atoms with Gasteiger partial charge in [0.25, 0.3) is 0 Å². The van der Waals surface area contributed by atoms with E-state index < -0.39 is 0 Å². The number of carbonyl (C=O) groups excluding carboxylic acids is 1. The average Bonchev–Trinajstić information content (AvgIpc) is 3.28. The molecule has 3 heterocycles. The van der Waals surface area contributed by atoms with Gasteiger partial charge >= 0.3 is 0 Å². The molecule has 1 saturated heterocycles. The van der Waals surface area contributed by atoms with Gasteiger partial charge in [-0.1, -0.05) is 0 Å². The molecule has 1 aliphatic rings. The number of nitrogens with one attached hydrogen (secondary N) is 1. The molecule has 0 saturated carbocycles. The standard InChI is InChI=1S/C16H23N5O2S/c1-11-8-18-14(23-11)10-20(3)13-4-6-21(9-13)12(2)15(22)19-16-17-5-7-24-16/h5,7-8,12-13H,4,6,9-10H2,1-3H3,(H,17,19,22)/t12-,13+/m1/s1. The van der Waals surface area contributed by atoms with Crippen LogP contribution in [0.1, 0.15) is 25.0 Å². The first-order valence-corrected chi connectivity index (χ1v) is 8.97. The summed E-state index contributed by atoms with van der Waals surface area (Å²) in [6.45, 7) is 6.31. The first kappa shape index (κ1) is 17.1. The quantitative estimate of drug-likeness (QED) is 0.859. The van der Waals surface area contributed by atoms with Crippen LogP contribution in [0.25, 0.3) is 0 Å². The number of aromatic nitrogens is 2. The Kier molecular flexibility index (Phi) is 5.27. The highest BCUT2D eigenvalue weighted by Gasteiger charge is 2.32. The van der Waals surface area contributed by atoms with Crippen molar-refractivity contribution in [3.63, 3.8) is 0 Å². The van der Waals surface area contributed by atoms with E-state index in [1.54, 1.807) is 12.4 Å². The maximum Gasteiger partial charge on any atom is 0.243 e. The van der Waals surface area contributed by atoms with Crippen molar-refractivity contribution in [2.24, 2.45) is 0 Å². The van der Waals surface area contributed by atoms with E-state index in [-0.39, 0.29) is 11.9 Å². The minimum absolute atomic E-state index is 0.00317. The zero-order chi connectivity index (χ0) is 17.1. The topological polar surface area (TPSA) is 74.5 Å². The predicted octanol–water partition coefficient (Wildman–Crippen LogP) is 1.97. The monoisotopic (exact) mass is 349 g/mol. The van der Waals surface area contributed by atoms with Gasteiger partial charge in [0.15, 0.2) is 5.13 Å². The number of carbonyl (C=O) groups is 1. The van der Waals surface area contributed by atoms with Crippen molar-refractivity contribution in [3.8, 4) is 0 Å². The van der Waals surface area contributed by atoms with Gasteiger partial charge in [0, 0.05) is 30.7 Å². The summed E-state index contributed by atoms with van der Waals surface area (Å²) in [7, 11) is 2.08. The molecule has 1 fully saturated rings. The number of likely N-dealkylation sites (N-methyl/N-ethyl adjacent to an activating group) is 1. The third-order valence-electron chi connectivity index (χ3n) is 4.46. The lowest BCUT2D eigenvalue weighted by atomic mass is 10.2. The van der Waals surface area contributed by atoms with E-state index in [1.807, 2.05) is 19.2 Å². The van der Waals surface area contributed by atoms with Crippen molar-refractivity contribution in [1.82, 2.24) is 19.8 Å². The van der Waals surface area contributed by atoms with Gasteiger partial charge in [-0.15, -0.1) is 11.3 Å². The molecule has 0 bridgehead atoms. The van der Waals surface area contributed by atoms with Crippen LogP contribution in [-0.2, 0) is 11.3 Å². The molecule has 0 aliphatic carbocycles. The lowest BCUT2D eigenvalue weighted by molar-refractivity contribution is -0.120. The Labute approximate surface area is 145 Å². The summed E-state index contributed by atoms with van der Waals surface area (Å²) >= 11 is 1.43. The Morgan fingerprint density at radius 1 is 1.58 bits per heavy atom. The van der Waals surface area contributed by atoms with Crippen LogP contribution in [-0.4, -0.2) is 57.9 Å². The van der Waals surface area contributed by atoms with Crippen molar-refractivity contribution < 1.29 is 9.21 Å². The van der Waals surface area contributed by atoms with Crippen molar-refractivity contribution in [2.75, 3.05) is 25.5 Å². The van der Waals surface area contributed by atoms with Gasteiger partial charge in [-0.05, 0) is 27.3 Å². The summed E-state index contributed by atoms with van der Waals surface area (Å²) in [5.74, 6) is 1.57. The van der Waals surface area contributed by atoms with Crippen LogP contribution in [0.3, 0.4) is 0 Å². The molecule has 1 amide bonds. The smallest absolute Gasteiger partial charge is 0.243 e. The molecule has 130 valence electrons. The van der Waals surface area contributed by atoms with E-state index in [2.05, 4.69) is 32.1 Å². The average molecular weight is 349 g/mol. The Balaban J connectivity index is 1.51. The third-order valence-corrected chi connectivity index (χ3v) is 5.15. The fourth-order valence-corrected chi connectivity index (χ4v) is 3.49. The summed E-state index contributed by atoms with van der Waals surface area (Å²) in [4.78, 5) is 25.2. The molecule has 1 aliphatic heterocycles. The first-order chi connectivity index (χ1) is 11.5. The van der Waals surface area contributed by atoms with Crippen LogP contribution in [0.15, 0.2) is 22.2 Å². The number of aryl methyl sites for hydroxylation is 1. The van der Waals surface area contributed by atoms with E-state index >= 15 is 0 Å². The molecular weight excluding hydrogens is 326 g/mol. The lowest BCUT2D eigenvalue weighted by Crippen LogP contribution is -2.42. The summed E-state index contributed by atoms with van der Waals surface area (Å²) in [5.41, 5.74) is 0. The van der Waals surface area contributed by atoms with Crippen LogP contribution in [0.2, 0.25) is 0 Å². The molecule has 2 aromatic rings. The maximum absolute atomic E-state index is 12.3. The zero-order valence-corrected chi connectivity index (χ0v) is 15.0. The highest BCUT2D eigenvalue weighted by atomic mass is 32.1. The molecule has 0 aromatic carbocycles. The fourth-order valence-electron chi connectivity index (χ4n) is 2.96. The minimum Gasteiger partial charge on any atom is -0.445 e. The highest BCUT2D eigenvalue weighted by molar-refractivity contribution is 7.13. The number of anilines is 1. The van der Waals surface area contributed by atoms with Crippen molar-refractivity contribution in [3.05, 3.63) is 29.4 Å². The Hall–Kier alpha value is -1.77. The van der Waals surface area contributed by atoms with Crippen LogP contribution >= 0.6 is 11.3 Å². The largest absolute Gasteiger partial charge is 0.445 e. The van der Waals surface area contributed by atoms with Crippen LogP contribution in [0.5, 0.6) is 0 Å². The van der Waals surface area contributed by atoms with Gasteiger partial charge in [0.05, 0.1) is 18.8 Å². The van der Waals surface area contributed by atoms with Crippen LogP contribution < -0.4 is 5.32 Å². The molecule has 2 atom stereocenters. The van der Waals surface area contributed by atoms with E-state index in [9.17, 15) is 4.79 Å². The van der Waals surface area contributed by atoms with Gasteiger partial charge in [0.2, 0.25) is 11.8 Å². The van der Waals surface area contributed by atoms with E-state index in [1.165, 1.54) is 11.3 Å². The van der Waals surface area contributed by atoms with Gasteiger partial charge in [-0.2, -0.15) is 0 Å². The van der Waals surface area contributed by atoms with Gasteiger partial charge in [-0.25, -0.2) is 9.97 Å². The summed E-state index contributed by atoms with van der Waals surface area (Å²) < 4.78 is 5.55. The van der Waals surface area contributed by atoms with E-state index in [0.29, 0.717) is 17.7 Å². The number of thiazole rings is 1. The van der Waals surface area contributed by atoms with Gasteiger partial charge in [-0.3, -0.25) is 14.6 Å². The number of amides is 1. The van der Waals surface area contributed by atoms with Gasteiger partial charge < -0.3 is 9.73 Å². The second-order valence-corrected chi connectivity index (χ2v) is 7.11. The highest BCUT2D eigenvalue weighted by Crippen LogP contribution is 2.20. The van der Waals surface area contributed by atoms with E-state index in [0.717, 1.165) is 31.2 Å². The molecule has 1 N–H and O–H groups in total. The summed E-state index contributed by atoms with van der Waals surface area (Å²) in [6, 6.07) is 0.226. The SMILES string of the molecule is Cc1cnc(CN(C)[C@H]2CCN([C@H](C)C(=O)Nc3nccs3)C2)o1. The predicted molar refractivity (Wildman–Crippen MR) is 92.9 cm³/mol. The molecule has 2 aromatic heterocycles. The van der Waals surface area contributed by atoms with Crippen LogP contribution in [0.4, 0.5) is 5.13 Å². The first-order valence-electron chi connectivity index (χ1n) is 8.09. The number of nitrogens with zero attached hydrogens (tertiary/aromatic N) is 4. The number of hydrogen-bond donors (Lipinski definition) is 1. The van der Waals surface area contributed by atoms with Crippen molar-refractivity contribution >= 4 is 22.4 Å². The third kappa shape index (κ3) is 4.00. The molecule has 24 heavy (non-hydrogen) atoms. The fraction of sp³-hybridized carbons (Fsp3) is 0.562. The lowest BCUT2D eigenvalue weighted by Gasteiger charge is -2.26. The van der Waals surface area contributed by atoms with Crippen molar-refractivity contribution in [2.45, 2.75) is 38.9 Å². The Morgan fingerprint density at radius 2 is 2.42 bits per heavy atom. The zero-order valence-electron chi connectivity index (χ0n) is 14.2. The normalized spacial score (nSPS) is 19.8. The van der Waals surface area contributed by atoms with Crippen molar-refractivity contribution in [1.29, 1.82) is 0 Å². The number of likely N-dealkylation sites (tertiary alicyclic amines) is 1. The number of hydrogen-bond acceptors (Lipinski definition) is 7. The minimum atomic E-state index is -0.170. The van der Waals surface area contributed by atoms with Crippen LogP contribution in [0, 0.1) is 6.92 Å². The summed E-state index contributed by atoms with van der Waals surface area (Å²) in [6.07, 6.45) is 4.47. The Morgan fingerprint density at radius 3 is 3.08 bits per heavy atom. The molecular formula is C16H23N5O2S. The molecule has 7 nitrogen and oxygen atoms in total. The maximum atomic E-state index is 12.3. The molecule has 0 spiro atoms. The number of rotatable bonds is 6. The molecule has 8 heteroatoms. The second-order valence-electron chi connectivity index (χ2n) is 6.22. The molecule has 3 rings (SSSR count). The van der Waals surface area contributed by atoms with E-state index in [4.69, 9.17) is 4.42 Å². The molecule has 0 radical (unpaired) electrons. The second kappa shape index (κ2) is 7.42.